The van der Waals surface area contributed by atoms with Gasteiger partial charge in [-0.25, -0.2) is 0 Å². The molecule has 92 valence electrons. The lowest BCUT2D eigenvalue weighted by Crippen LogP contribution is -2.00. The molecule has 0 saturated heterocycles. The SMILES string of the molecule is Bc1ccc2c(ccc3c4ccc(B)cc4ccc23)c1. The molecule has 2 heteroatoms. The van der Waals surface area contributed by atoms with Crippen molar-refractivity contribution in [1.82, 2.24) is 0 Å². The third kappa shape index (κ3) is 1.65. The molecule has 0 N–H and O–H groups in total. The fourth-order valence-electron chi connectivity index (χ4n) is 3.13. The van der Waals surface area contributed by atoms with Gasteiger partial charge < -0.3 is 0 Å². The highest BCUT2D eigenvalue weighted by molar-refractivity contribution is 6.34. The van der Waals surface area contributed by atoms with Crippen LogP contribution in [-0.4, -0.2) is 15.7 Å². The van der Waals surface area contributed by atoms with E-state index in [1.54, 1.807) is 0 Å². The summed E-state index contributed by atoms with van der Waals surface area (Å²) < 4.78 is 0. The van der Waals surface area contributed by atoms with Crippen LogP contribution in [0.3, 0.4) is 0 Å². The van der Waals surface area contributed by atoms with Crippen LogP contribution in [0.2, 0.25) is 0 Å². The zero-order valence-corrected chi connectivity index (χ0v) is 11.8. The first kappa shape index (κ1) is 11.6. The summed E-state index contributed by atoms with van der Waals surface area (Å²) in [6, 6.07) is 22.4. The van der Waals surface area contributed by atoms with Crippen molar-refractivity contribution < 1.29 is 0 Å². The Morgan fingerprint density at radius 2 is 0.850 bits per heavy atom. The Labute approximate surface area is 120 Å². The Balaban J connectivity index is 2.21. The summed E-state index contributed by atoms with van der Waals surface area (Å²) in [6.07, 6.45) is 0. The topological polar surface area (TPSA) is 0 Å². The summed E-state index contributed by atoms with van der Waals surface area (Å²) >= 11 is 0. The Kier molecular flexibility index (Phi) is 2.40. The van der Waals surface area contributed by atoms with Crippen LogP contribution in [0.1, 0.15) is 0 Å². The Morgan fingerprint density at radius 3 is 1.30 bits per heavy atom. The second-order valence-corrected chi connectivity index (χ2v) is 5.68. The molecule has 0 fully saturated rings. The normalized spacial score (nSPS) is 11.4. The van der Waals surface area contributed by atoms with E-state index < -0.39 is 0 Å². The lowest BCUT2D eigenvalue weighted by atomic mass is 9.89. The van der Waals surface area contributed by atoms with Crippen LogP contribution < -0.4 is 10.9 Å². The van der Waals surface area contributed by atoms with Crippen molar-refractivity contribution in [3.8, 4) is 0 Å². The number of hydrogen-bond acceptors (Lipinski definition) is 0. The first-order valence-electron chi connectivity index (χ1n) is 7.05. The lowest BCUT2D eigenvalue weighted by Gasteiger charge is -2.09. The summed E-state index contributed by atoms with van der Waals surface area (Å²) in [5, 5.41) is 8.02. The molecule has 0 bridgehead atoms. The van der Waals surface area contributed by atoms with Crippen LogP contribution >= 0.6 is 0 Å². The van der Waals surface area contributed by atoms with E-state index in [-0.39, 0.29) is 0 Å². The van der Waals surface area contributed by atoms with Crippen molar-refractivity contribution in [2.45, 2.75) is 0 Å². The third-order valence-electron chi connectivity index (χ3n) is 4.14. The molecule has 0 aliphatic carbocycles. The Bertz CT molecular complexity index is 890. The molecular formula is C18H14B2. The minimum Gasteiger partial charge on any atom is -0.0883 e. The predicted molar refractivity (Wildman–Crippen MR) is 95.3 cm³/mol. The van der Waals surface area contributed by atoms with E-state index in [9.17, 15) is 0 Å². The van der Waals surface area contributed by atoms with Crippen LogP contribution in [-0.2, 0) is 0 Å². The number of fused-ring (bicyclic) bond motifs is 5. The van der Waals surface area contributed by atoms with Gasteiger partial charge in [0.1, 0.15) is 15.7 Å². The fourth-order valence-corrected chi connectivity index (χ4v) is 3.13. The summed E-state index contributed by atoms with van der Waals surface area (Å²) in [5.74, 6) is 0. The largest absolute Gasteiger partial charge is 0.139 e. The molecule has 0 atom stereocenters. The van der Waals surface area contributed by atoms with Gasteiger partial charge in [-0.15, -0.1) is 0 Å². The van der Waals surface area contributed by atoms with Gasteiger partial charge in [-0.05, 0) is 32.3 Å². The summed E-state index contributed by atoms with van der Waals surface area (Å²) in [6.45, 7) is 0. The molecule has 0 aromatic heterocycles. The minimum absolute atomic E-state index is 1.31. The minimum atomic E-state index is 1.31. The van der Waals surface area contributed by atoms with Crippen molar-refractivity contribution in [3.05, 3.63) is 60.7 Å². The smallest absolute Gasteiger partial charge is 0.0883 e. The molecule has 0 saturated carbocycles. The van der Waals surface area contributed by atoms with Crippen LogP contribution in [0.15, 0.2) is 60.7 Å². The molecule has 4 rings (SSSR count). The highest BCUT2D eigenvalue weighted by Crippen LogP contribution is 2.30. The van der Waals surface area contributed by atoms with Gasteiger partial charge in [0.15, 0.2) is 0 Å². The summed E-state index contributed by atoms with van der Waals surface area (Å²) in [4.78, 5) is 0. The molecule has 0 radical (unpaired) electrons. The molecule has 0 aliphatic rings. The fraction of sp³-hybridized carbons (Fsp3) is 0. The maximum atomic E-state index is 2.26. The van der Waals surface area contributed by atoms with E-state index in [2.05, 4.69) is 76.4 Å². The predicted octanol–water partition coefficient (Wildman–Crippen LogP) is 1.66. The third-order valence-corrected chi connectivity index (χ3v) is 4.14. The van der Waals surface area contributed by atoms with Gasteiger partial charge in [0.05, 0.1) is 0 Å². The first-order valence-corrected chi connectivity index (χ1v) is 7.05. The van der Waals surface area contributed by atoms with E-state index in [0.717, 1.165) is 0 Å². The van der Waals surface area contributed by atoms with Crippen LogP contribution in [0.4, 0.5) is 0 Å². The second kappa shape index (κ2) is 4.14. The van der Waals surface area contributed by atoms with E-state index in [1.165, 1.54) is 43.2 Å². The van der Waals surface area contributed by atoms with Crippen LogP contribution in [0.5, 0.6) is 0 Å². The molecule has 0 nitrogen and oxygen atoms in total. The number of benzene rings is 4. The van der Waals surface area contributed by atoms with Crippen LogP contribution in [0.25, 0.3) is 32.3 Å². The Morgan fingerprint density at radius 1 is 0.450 bits per heavy atom. The van der Waals surface area contributed by atoms with Crippen LogP contribution in [0, 0.1) is 0 Å². The second-order valence-electron chi connectivity index (χ2n) is 5.68. The number of hydrogen-bond donors (Lipinski definition) is 0. The van der Waals surface area contributed by atoms with E-state index in [4.69, 9.17) is 0 Å². The van der Waals surface area contributed by atoms with Gasteiger partial charge >= 0.3 is 0 Å². The molecule has 0 amide bonds. The van der Waals surface area contributed by atoms with Crippen molar-refractivity contribution in [3.63, 3.8) is 0 Å². The average molecular weight is 252 g/mol. The zero-order valence-electron chi connectivity index (χ0n) is 11.8. The van der Waals surface area contributed by atoms with Gasteiger partial charge in [0, 0.05) is 0 Å². The zero-order chi connectivity index (χ0) is 13.7. The van der Waals surface area contributed by atoms with Crippen molar-refractivity contribution in [1.29, 1.82) is 0 Å². The molecule has 0 spiro atoms. The van der Waals surface area contributed by atoms with E-state index in [1.807, 2.05) is 0 Å². The first-order chi connectivity index (χ1) is 9.72. The molecule has 0 unspecified atom stereocenters. The van der Waals surface area contributed by atoms with Crippen molar-refractivity contribution in [2.75, 3.05) is 0 Å². The van der Waals surface area contributed by atoms with E-state index >= 15 is 0 Å². The van der Waals surface area contributed by atoms with Crippen molar-refractivity contribution >= 4 is 58.9 Å². The Hall–Kier alpha value is -2.21. The highest BCUT2D eigenvalue weighted by atomic mass is 14.1. The summed E-state index contributed by atoms with van der Waals surface area (Å²) in [7, 11) is 4.29. The molecule has 20 heavy (non-hydrogen) atoms. The lowest BCUT2D eigenvalue weighted by molar-refractivity contribution is 1.82. The molecule has 0 heterocycles. The highest BCUT2D eigenvalue weighted by Gasteiger charge is 2.04. The van der Waals surface area contributed by atoms with Gasteiger partial charge in [0.2, 0.25) is 0 Å². The molecule has 4 aromatic carbocycles. The standard InChI is InChI=1S/C18H14B2/c19-13-3-7-15-11(9-13)1-5-17-16-8-4-14(20)10-12(16)2-6-18(15)17/h1-10H,19-20H2. The molecule has 0 aliphatic heterocycles. The van der Waals surface area contributed by atoms with Gasteiger partial charge in [0.25, 0.3) is 0 Å². The monoisotopic (exact) mass is 252 g/mol. The quantitative estimate of drug-likeness (QED) is 0.330. The van der Waals surface area contributed by atoms with Gasteiger partial charge in [-0.3, -0.25) is 0 Å². The average Bonchev–Trinajstić information content (AvgIpc) is 2.45. The van der Waals surface area contributed by atoms with Crippen molar-refractivity contribution in [2.24, 2.45) is 0 Å². The van der Waals surface area contributed by atoms with Gasteiger partial charge in [-0.2, -0.15) is 0 Å². The summed E-state index contributed by atoms with van der Waals surface area (Å²) in [5.41, 5.74) is 2.63. The number of rotatable bonds is 0. The molecule has 4 aromatic rings. The maximum Gasteiger partial charge on any atom is 0.139 e. The maximum absolute atomic E-state index is 2.26. The molecular weight excluding hydrogens is 238 g/mol. The van der Waals surface area contributed by atoms with Gasteiger partial charge in [-0.1, -0.05) is 71.6 Å². The van der Waals surface area contributed by atoms with E-state index in [0.29, 0.717) is 0 Å².